The number of nitriles is 1. The van der Waals surface area contributed by atoms with Crippen molar-refractivity contribution in [3.8, 4) is 17.5 Å². The average molecular weight is 395 g/mol. The number of furan rings is 1. The largest absolute Gasteiger partial charge is 0.495 e. The van der Waals surface area contributed by atoms with E-state index in [0.717, 1.165) is 0 Å². The molecule has 0 spiro atoms. The summed E-state index contributed by atoms with van der Waals surface area (Å²) < 4.78 is 12.0. The molecule has 0 radical (unpaired) electrons. The Kier molecular flexibility index (Phi) is 4.54. The molecular formula is C21H15ClN2O4. The van der Waals surface area contributed by atoms with Gasteiger partial charge in [0.2, 0.25) is 0 Å². The normalized spacial score (nSPS) is 15.8. The van der Waals surface area contributed by atoms with E-state index in [1.807, 2.05) is 12.1 Å². The predicted octanol–water partition coefficient (Wildman–Crippen LogP) is 3.88. The second-order valence-electron chi connectivity index (χ2n) is 6.53. The number of carbonyl (C=O) groups excluding carboxylic acids is 1. The summed E-state index contributed by atoms with van der Waals surface area (Å²) in [6.07, 6.45) is 2.25. The van der Waals surface area contributed by atoms with Crippen LogP contribution in [0.25, 0.3) is 5.69 Å². The van der Waals surface area contributed by atoms with E-state index < -0.39 is 5.56 Å². The number of methoxy groups -OCH3 is 1. The molecule has 0 N–H and O–H groups in total. The maximum Gasteiger partial charge on any atom is 0.273 e. The molecule has 140 valence electrons. The van der Waals surface area contributed by atoms with Crippen LogP contribution in [0.5, 0.6) is 5.75 Å². The number of hydrogen-bond acceptors (Lipinski definition) is 5. The molecule has 2 heterocycles. The maximum atomic E-state index is 13.0. The Hall–Kier alpha value is -3.30. The first kappa shape index (κ1) is 18.1. The maximum absolute atomic E-state index is 13.0. The van der Waals surface area contributed by atoms with Crippen LogP contribution in [0.4, 0.5) is 0 Å². The number of ketones is 1. The van der Waals surface area contributed by atoms with Gasteiger partial charge in [-0.1, -0.05) is 11.6 Å². The fraction of sp³-hybridized carbons (Fsp3) is 0.190. The minimum atomic E-state index is -0.490. The molecule has 3 aromatic rings. The van der Waals surface area contributed by atoms with Gasteiger partial charge in [-0.2, -0.15) is 5.26 Å². The van der Waals surface area contributed by atoms with Gasteiger partial charge in [-0.05, 0) is 42.8 Å². The summed E-state index contributed by atoms with van der Waals surface area (Å²) in [5, 5.41) is 9.71. The molecule has 7 heteroatoms. The molecule has 4 rings (SSSR count). The van der Waals surface area contributed by atoms with Crippen molar-refractivity contribution in [2.75, 3.05) is 7.11 Å². The molecule has 28 heavy (non-hydrogen) atoms. The highest BCUT2D eigenvalue weighted by Gasteiger charge is 2.31. The Bertz CT molecular complexity index is 1170. The number of pyridine rings is 1. The second kappa shape index (κ2) is 7.02. The van der Waals surface area contributed by atoms with E-state index in [9.17, 15) is 14.9 Å². The lowest BCUT2D eigenvalue weighted by Gasteiger charge is -2.26. The van der Waals surface area contributed by atoms with E-state index in [1.165, 1.54) is 17.7 Å². The first-order valence-electron chi connectivity index (χ1n) is 8.63. The Morgan fingerprint density at radius 3 is 2.71 bits per heavy atom. The standard InChI is InChI=1S/C21H15ClN2O4/c1-27-20-5-4-14(10-16(20)22)24-17-8-12(19-3-2-6-28-19)9-18(25)15(17)7-13(11-23)21(24)26/h2-7,10,12H,8-9H2,1H3/t12-/m1/s1. The van der Waals surface area contributed by atoms with Crippen molar-refractivity contribution < 1.29 is 13.9 Å². The highest BCUT2D eigenvalue weighted by molar-refractivity contribution is 6.32. The van der Waals surface area contributed by atoms with E-state index in [-0.39, 0.29) is 23.7 Å². The zero-order chi connectivity index (χ0) is 19.8. The van der Waals surface area contributed by atoms with Gasteiger partial charge in [0.25, 0.3) is 5.56 Å². The molecule has 0 saturated carbocycles. The third kappa shape index (κ3) is 2.90. The number of benzene rings is 1. The molecule has 0 amide bonds. The van der Waals surface area contributed by atoms with Crippen molar-refractivity contribution in [3.05, 3.63) is 80.6 Å². The van der Waals surface area contributed by atoms with Gasteiger partial charge < -0.3 is 9.15 Å². The quantitative estimate of drug-likeness (QED) is 0.673. The first-order valence-corrected chi connectivity index (χ1v) is 9.00. The van der Waals surface area contributed by atoms with Crippen molar-refractivity contribution in [1.29, 1.82) is 5.26 Å². The van der Waals surface area contributed by atoms with Crippen LogP contribution < -0.4 is 10.3 Å². The summed E-state index contributed by atoms with van der Waals surface area (Å²) in [5.41, 5.74) is 0.816. The summed E-state index contributed by atoms with van der Waals surface area (Å²) in [7, 11) is 1.50. The Balaban J connectivity index is 1.95. The molecule has 1 aromatic carbocycles. The smallest absolute Gasteiger partial charge is 0.273 e. The number of carbonyl (C=O) groups is 1. The molecule has 2 aromatic heterocycles. The first-order chi connectivity index (χ1) is 13.5. The number of Topliss-reactive ketones (excluding diaryl/α,β-unsaturated/α-hetero) is 1. The van der Waals surface area contributed by atoms with Gasteiger partial charge in [-0.15, -0.1) is 0 Å². The van der Waals surface area contributed by atoms with Crippen molar-refractivity contribution in [2.45, 2.75) is 18.8 Å². The molecule has 1 aliphatic rings. The van der Waals surface area contributed by atoms with Crippen LogP contribution in [0.2, 0.25) is 5.02 Å². The molecular weight excluding hydrogens is 380 g/mol. The van der Waals surface area contributed by atoms with E-state index in [4.69, 9.17) is 20.8 Å². The molecule has 0 saturated heterocycles. The van der Waals surface area contributed by atoms with E-state index in [0.29, 0.717) is 39.9 Å². The summed E-state index contributed by atoms with van der Waals surface area (Å²) in [5.74, 6) is 0.846. The van der Waals surface area contributed by atoms with Gasteiger partial charge >= 0.3 is 0 Å². The lowest BCUT2D eigenvalue weighted by molar-refractivity contribution is 0.0958. The molecule has 0 bridgehead atoms. The number of hydrogen-bond donors (Lipinski definition) is 0. The van der Waals surface area contributed by atoms with Gasteiger partial charge in [0.15, 0.2) is 5.78 Å². The summed E-state index contributed by atoms with van der Waals surface area (Å²) >= 11 is 6.24. The van der Waals surface area contributed by atoms with Gasteiger partial charge in [0, 0.05) is 23.6 Å². The number of nitrogens with zero attached hydrogens (tertiary/aromatic N) is 2. The minimum absolute atomic E-state index is 0.0875. The zero-order valence-electron chi connectivity index (χ0n) is 14.9. The number of aromatic nitrogens is 1. The van der Waals surface area contributed by atoms with Crippen molar-refractivity contribution in [1.82, 2.24) is 4.57 Å². The third-order valence-electron chi connectivity index (χ3n) is 4.93. The van der Waals surface area contributed by atoms with Crippen molar-refractivity contribution >= 4 is 17.4 Å². The topological polar surface area (TPSA) is 85.2 Å². The zero-order valence-corrected chi connectivity index (χ0v) is 15.7. The lowest BCUT2D eigenvalue weighted by atomic mass is 9.83. The molecule has 0 fully saturated rings. The fourth-order valence-corrected chi connectivity index (χ4v) is 3.86. The number of halogens is 1. The van der Waals surface area contributed by atoms with Crippen LogP contribution in [0.3, 0.4) is 0 Å². The predicted molar refractivity (Wildman–Crippen MR) is 102 cm³/mol. The number of rotatable bonds is 3. The Morgan fingerprint density at radius 2 is 2.07 bits per heavy atom. The summed E-state index contributed by atoms with van der Waals surface area (Å²) in [6.45, 7) is 0. The summed E-state index contributed by atoms with van der Waals surface area (Å²) in [4.78, 5) is 25.8. The van der Waals surface area contributed by atoms with E-state index >= 15 is 0 Å². The fourth-order valence-electron chi connectivity index (χ4n) is 3.61. The SMILES string of the molecule is COc1ccc(-n2c3c(cc(C#N)c2=O)C(=O)C[C@H](c2ccco2)C3)cc1Cl. The monoisotopic (exact) mass is 394 g/mol. The third-order valence-corrected chi connectivity index (χ3v) is 5.23. The van der Waals surface area contributed by atoms with Crippen LogP contribution in [0, 0.1) is 11.3 Å². The molecule has 6 nitrogen and oxygen atoms in total. The molecule has 0 unspecified atom stereocenters. The highest BCUT2D eigenvalue weighted by Crippen LogP contribution is 2.34. The average Bonchev–Trinajstić information content (AvgIpc) is 3.22. The van der Waals surface area contributed by atoms with Crippen LogP contribution in [-0.4, -0.2) is 17.5 Å². The van der Waals surface area contributed by atoms with Crippen LogP contribution in [0.1, 0.15) is 39.7 Å². The van der Waals surface area contributed by atoms with Crippen molar-refractivity contribution in [2.24, 2.45) is 0 Å². The minimum Gasteiger partial charge on any atom is -0.495 e. The van der Waals surface area contributed by atoms with Crippen molar-refractivity contribution in [3.63, 3.8) is 0 Å². The Labute approximate surface area is 165 Å². The lowest BCUT2D eigenvalue weighted by Crippen LogP contribution is -2.31. The van der Waals surface area contributed by atoms with Gasteiger partial charge in [0.05, 0.1) is 24.1 Å². The second-order valence-corrected chi connectivity index (χ2v) is 6.94. The van der Waals surface area contributed by atoms with Gasteiger partial charge in [-0.25, -0.2) is 0 Å². The van der Waals surface area contributed by atoms with Crippen LogP contribution in [0.15, 0.2) is 51.9 Å². The van der Waals surface area contributed by atoms with E-state index in [1.54, 1.807) is 30.5 Å². The highest BCUT2D eigenvalue weighted by atomic mass is 35.5. The van der Waals surface area contributed by atoms with Crippen LogP contribution >= 0.6 is 11.6 Å². The van der Waals surface area contributed by atoms with Gasteiger partial charge in [0.1, 0.15) is 23.1 Å². The number of ether oxygens (including phenoxy) is 1. The molecule has 0 aliphatic heterocycles. The van der Waals surface area contributed by atoms with Crippen LogP contribution in [-0.2, 0) is 6.42 Å². The number of fused-ring (bicyclic) bond motifs is 1. The summed E-state index contributed by atoms with van der Waals surface area (Å²) in [6, 6.07) is 11.8. The van der Waals surface area contributed by atoms with Gasteiger partial charge in [-0.3, -0.25) is 14.2 Å². The molecule has 1 atom stereocenters. The molecule has 1 aliphatic carbocycles. The van der Waals surface area contributed by atoms with E-state index in [2.05, 4.69) is 0 Å². The Morgan fingerprint density at radius 1 is 1.25 bits per heavy atom.